The van der Waals surface area contributed by atoms with Gasteiger partial charge in [0.05, 0.1) is 0 Å². The van der Waals surface area contributed by atoms with Crippen molar-refractivity contribution in [1.82, 2.24) is 0 Å². The SMILES string of the molecule is Cc1ccc(O)c(C2CCCCC2)c1. The van der Waals surface area contributed by atoms with Crippen molar-refractivity contribution in [2.45, 2.75) is 44.9 Å². The molecule has 14 heavy (non-hydrogen) atoms. The molecule has 1 aromatic carbocycles. The highest BCUT2D eigenvalue weighted by Gasteiger charge is 2.18. The highest BCUT2D eigenvalue weighted by atomic mass is 16.3. The molecule has 2 rings (SSSR count). The Morgan fingerprint density at radius 2 is 1.86 bits per heavy atom. The van der Waals surface area contributed by atoms with Crippen molar-refractivity contribution in [1.29, 1.82) is 0 Å². The number of phenols is 1. The highest BCUT2D eigenvalue weighted by Crippen LogP contribution is 2.37. The number of benzene rings is 1. The van der Waals surface area contributed by atoms with Gasteiger partial charge in [-0.1, -0.05) is 37.0 Å². The molecule has 0 radical (unpaired) electrons. The highest BCUT2D eigenvalue weighted by molar-refractivity contribution is 5.38. The van der Waals surface area contributed by atoms with Crippen molar-refractivity contribution in [2.24, 2.45) is 0 Å². The van der Waals surface area contributed by atoms with Crippen LogP contribution < -0.4 is 0 Å². The van der Waals surface area contributed by atoms with Gasteiger partial charge in [-0.25, -0.2) is 0 Å². The minimum Gasteiger partial charge on any atom is -0.508 e. The Balaban J connectivity index is 2.24. The summed E-state index contributed by atoms with van der Waals surface area (Å²) in [5.41, 5.74) is 2.42. The fourth-order valence-electron chi connectivity index (χ4n) is 2.41. The van der Waals surface area contributed by atoms with Gasteiger partial charge in [0, 0.05) is 0 Å². The Kier molecular flexibility index (Phi) is 2.76. The van der Waals surface area contributed by atoms with E-state index < -0.39 is 0 Å². The first-order valence-corrected chi connectivity index (χ1v) is 5.57. The second-order valence-electron chi connectivity index (χ2n) is 4.40. The van der Waals surface area contributed by atoms with Crippen LogP contribution in [-0.4, -0.2) is 5.11 Å². The minimum atomic E-state index is 0.488. The van der Waals surface area contributed by atoms with Gasteiger partial charge in [-0.3, -0.25) is 0 Å². The van der Waals surface area contributed by atoms with Crippen LogP contribution in [-0.2, 0) is 0 Å². The summed E-state index contributed by atoms with van der Waals surface area (Å²) in [4.78, 5) is 0. The second kappa shape index (κ2) is 4.04. The monoisotopic (exact) mass is 190 g/mol. The molecule has 1 aliphatic carbocycles. The molecule has 1 nitrogen and oxygen atoms in total. The van der Waals surface area contributed by atoms with Crippen molar-refractivity contribution < 1.29 is 5.11 Å². The van der Waals surface area contributed by atoms with E-state index in [4.69, 9.17) is 0 Å². The molecular weight excluding hydrogens is 172 g/mol. The summed E-state index contributed by atoms with van der Waals surface area (Å²) in [5.74, 6) is 1.09. The molecule has 1 aromatic rings. The Labute approximate surface area is 85.8 Å². The van der Waals surface area contributed by atoms with Crippen molar-refractivity contribution in [2.75, 3.05) is 0 Å². The van der Waals surface area contributed by atoms with E-state index in [2.05, 4.69) is 13.0 Å². The lowest BCUT2D eigenvalue weighted by molar-refractivity contribution is 0.414. The number of rotatable bonds is 1. The van der Waals surface area contributed by atoms with Gasteiger partial charge in [-0.15, -0.1) is 0 Å². The maximum absolute atomic E-state index is 9.79. The third-order valence-corrected chi connectivity index (χ3v) is 3.23. The van der Waals surface area contributed by atoms with Crippen molar-refractivity contribution in [3.63, 3.8) is 0 Å². The van der Waals surface area contributed by atoms with E-state index >= 15 is 0 Å². The molecule has 0 bridgehead atoms. The number of aromatic hydroxyl groups is 1. The lowest BCUT2D eigenvalue weighted by atomic mass is 9.83. The van der Waals surface area contributed by atoms with Crippen LogP contribution in [0.5, 0.6) is 5.75 Å². The first-order valence-electron chi connectivity index (χ1n) is 5.57. The quantitative estimate of drug-likeness (QED) is 0.715. The maximum atomic E-state index is 9.79. The summed E-state index contributed by atoms with van der Waals surface area (Å²) < 4.78 is 0. The molecular formula is C13H18O. The normalized spacial score (nSPS) is 18.4. The van der Waals surface area contributed by atoms with E-state index in [0.29, 0.717) is 11.7 Å². The summed E-state index contributed by atoms with van der Waals surface area (Å²) >= 11 is 0. The fourth-order valence-corrected chi connectivity index (χ4v) is 2.41. The van der Waals surface area contributed by atoms with Crippen LogP contribution in [0.2, 0.25) is 0 Å². The van der Waals surface area contributed by atoms with E-state index in [1.165, 1.54) is 43.2 Å². The minimum absolute atomic E-state index is 0.488. The van der Waals surface area contributed by atoms with Crippen LogP contribution in [0.4, 0.5) is 0 Å². The van der Waals surface area contributed by atoms with Gasteiger partial charge in [-0.05, 0) is 37.3 Å². The number of hydrogen-bond donors (Lipinski definition) is 1. The zero-order valence-electron chi connectivity index (χ0n) is 8.79. The van der Waals surface area contributed by atoms with Crippen LogP contribution in [0.1, 0.15) is 49.1 Å². The van der Waals surface area contributed by atoms with Crippen molar-refractivity contribution in [3.8, 4) is 5.75 Å². The molecule has 0 aromatic heterocycles. The third-order valence-electron chi connectivity index (χ3n) is 3.23. The summed E-state index contributed by atoms with van der Waals surface area (Å²) in [7, 11) is 0. The molecule has 1 N–H and O–H groups in total. The molecule has 0 atom stereocenters. The lowest BCUT2D eigenvalue weighted by Gasteiger charge is -2.23. The zero-order chi connectivity index (χ0) is 9.97. The van der Waals surface area contributed by atoms with Crippen molar-refractivity contribution in [3.05, 3.63) is 29.3 Å². The zero-order valence-corrected chi connectivity index (χ0v) is 8.79. The molecule has 1 heteroatoms. The van der Waals surface area contributed by atoms with E-state index in [1.807, 2.05) is 12.1 Å². The van der Waals surface area contributed by atoms with Crippen LogP contribution in [0.25, 0.3) is 0 Å². The predicted molar refractivity (Wildman–Crippen MR) is 58.7 cm³/mol. The van der Waals surface area contributed by atoms with E-state index in [0.717, 1.165) is 0 Å². The van der Waals surface area contributed by atoms with E-state index in [1.54, 1.807) is 0 Å². The smallest absolute Gasteiger partial charge is 0.119 e. The molecule has 1 saturated carbocycles. The predicted octanol–water partition coefficient (Wildman–Crippen LogP) is 3.75. The van der Waals surface area contributed by atoms with Gasteiger partial charge in [0.25, 0.3) is 0 Å². The van der Waals surface area contributed by atoms with Gasteiger partial charge in [0.2, 0.25) is 0 Å². The second-order valence-corrected chi connectivity index (χ2v) is 4.40. The average Bonchev–Trinajstić information content (AvgIpc) is 2.23. The topological polar surface area (TPSA) is 20.2 Å². The first-order chi connectivity index (χ1) is 6.77. The largest absolute Gasteiger partial charge is 0.508 e. The molecule has 0 amide bonds. The number of hydrogen-bond acceptors (Lipinski definition) is 1. The molecule has 0 heterocycles. The Hall–Kier alpha value is -0.980. The molecule has 1 fully saturated rings. The fraction of sp³-hybridized carbons (Fsp3) is 0.538. The Bertz CT molecular complexity index is 311. The molecule has 76 valence electrons. The third kappa shape index (κ3) is 1.92. The Morgan fingerprint density at radius 3 is 2.57 bits per heavy atom. The van der Waals surface area contributed by atoms with Gasteiger partial charge in [0.1, 0.15) is 5.75 Å². The van der Waals surface area contributed by atoms with Crippen molar-refractivity contribution >= 4 is 0 Å². The van der Waals surface area contributed by atoms with Gasteiger partial charge in [-0.2, -0.15) is 0 Å². The van der Waals surface area contributed by atoms with Crippen LogP contribution in [0, 0.1) is 6.92 Å². The summed E-state index contributed by atoms with van der Waals surface area (Å²) in [6, 6.07) is 5.95. The van der Waals surface area contributed by atoms with E-state index in [-0.39, 0.29) is 0 Å². The summed E-state index contributed by atoms with van der Waals surface area (Å²) in [6.07, 6.45) is 6.49. The average molecular weight is 190 g/mol. The van der Waals surface area contributed by atoms with Gasteiger partial charge < -0.3 is 5.11 Å². The number of aryl methyl sites for hydroxylation is 1. The standard InChI is InChI=1S/C13H18O/c1-10-7-8-13(14)12(9-10)11-5-3-2-4-6-11/h7-9,11,14H,2-6H2,1H3. The lowest BCUT2D eigenvalue weighted by Crippen LogP contribution is -2.04. The van der Waals surface area contributed by atoms with Crippen LogP contribution >= 0.6 is 0 Å². The molecule has 0 saturated heterocycles. The first kappa shape index (κ1) is 9.57. The molecule has 0 unspecified atom stereocenters. The van der Waals surface area contributed by atoms with Crippen LogP contribution in [0.3, 0.4) is 0 Å². The molecule has 1 aliphatic rings. The molecule has 0 spiro atoms. The van der Waals surface area contributed by atoms with E-state index in [9.17, 15) is 5.11 Å². The Morgan fingerprint density at radius 1 is 1.14 bits per heavy atom. The maximum Gasteiger partial charge on any atom is 0.119 e. The van der Waals surface area contributed by atoms with Crippen LogP contribution in [0.15, 0.2) is 18.2 Å². The molecule has 0 aliphatic heterocycles. The summed E-state index contributed by atoms with van der Waals surface area (Å²) in [5, 5.41) is 9.79. The van der Waals surface area contributed by atoms with Gasteiger partial charge >= 0.3 is 0 Å². The van der Waals surface area contributed by atoms with Gasteiger partial charge in [0.15, 0.2) is 0 Å². The summed E-state index contributed by atoms with van der Waals surface area (Å²) in [6.45, 7) is 2.09. The number of phenolic OH excluding ortho intramolecular Hbond substituents is 1.